The van der Waals surface area contributed by atoms with Gasteiger partial charge in [0.1, 0.15) is 6.04 Å². The Bertz CT molecular complexity index is 513. The van der Waals surface area contributed by atoms with Crippen molar-refractivity contribution in [3.63, 3.8) is 0 Å². The Morgan fingerprint density at radius 3 is 1.38 bits per heavy atom. The lowest BCUT2D eigenvalue weighted by Gasteiger charge is -2.10. The summed E-state index contributed by atoms with van der Waals surface area (Å²) in [7, 11) is 1.66. The van der Waals surface area contributed by atoms with Crippen molar-refractivity contribution >= 4 is 17.8 Å². The quantitative estimate of drug-likeness (QED) is 0.111. The Labute approximate surface area is 207 Å². The van der Waals surface area contributed by atoms with Crippen molar-refractivity contribution in [3.05, 3.63) is 0 Å². The molecule has 0 saturated carbocycles. The number of rotatable bonds is 26. The molecule has 0 rings (SSSR count). The summed E-state index contributed by atoms with van der Waals surface area (Å²) >= 11 is 0. The summed E-state index contributed by atoms with van der Waals surface area (Å²) < 4.78 is 0. The van der Waals surface area contributed by atoms with Gasteiger partial charge in [-0.15, -0.1) is 0 Å². The van der Waals surface area contributed by atoms with Crippen molar-refractivity contribution in [1.82, 2.24) is 10.6 Å². The summed E-state index contributed by atoms with van der Waals surface area (Å²) in [5, 5.41) is 23.3. The number of amides is 1. The Kier molecular flexibility index (Phi) is 23.3. The van der Waals surface area contributed by atoms with E-state index in [9.17, 15) is 14.4 Å². The summed E-state index contributed by atoms with van der Waals surface area (Å²) in [4.78, 5) is 33.2. The first-order valence-corrected chi connectivity index (χ1v) is 13.9. The second kappa shape index (κ2) is 24.5. The minimum absolute atomic E-state index is 0.113. The third-order valence-electron chi connectivity index (χ3n) is 6.43. The van der Waals surface area contributed by atoms with E-state index < -0.39 is 18.0 Å². The SMILES string of the molecule is CN[C@@H](CCCCNC(=O)CCCCCCCCCCCCCCCCCCC(=O)O)C(=O)O. The Morgan fingerprint density at radius 1 is 0.588 bits per heavy atom. The molecule has 0 aromatic rings. The number of carboxylic acid groups (broad SMARTS) is 2. The second-order valence-electron chi connectivity index (χ2n) is 9.58. The molecule has 0 aliphatic rings. The maximum atomic E-state index is 11.9. The number of aliphatic carboxylic acids is 2. The summed E-state index contributed by atoms with van der Waals surface area (Å²) in [5.74, 6) is -1.39. The number of hydrogen-bond donors (Lipinski definition) is 4. The fraction of sp³-hybridized carbons (Fsp3) is 0.889. The van der Waals surface area contributed by atoms with E-state index >= 15 is 0 Å². The largest absolute Gasteiger partial charge is 0.481 e. The van der Waals surface area contributed by atoms with Crippen molar-refractivity contribution in [2.24, 2.45) is 0 Å². The number of carboxylic acids is 2. The molecule has 0 aromatic carbocycles. The van der Waals surface area contributed by atoms with Crippen LogP contribution in [-0.4, -0.2) is 47.7 Å². The topological polar surface area (TPSA) is 116 Å². The lowest BCUT2D eigenvalue weighted by molar-refractivity contribution is -0.139. The molecule has 0 radical (unpaired) electrons. The molecule has 0 bridgehead atoms. The molecule has 0 unspecified atom stereocenters. The molecular weight excluding hydrogens is 432 g/mol. The fourth-order valence-electron chi connectivity index (χ4n) is 4.22. The number of nitrogens with one attached hydrogen (secondary N) is 2. The van der Waals surface area contributed by atoms with Gasteiger partial charge < -0.3 is 20.8 Å². The molecule has 0 heterocycles. The zero-order valence-electron chi connectivity index (χ0n) is 21.8. The van der Waals surface area contributed by atoms with E-state index in [0.717, 1.165) is 38.5 Å². The highest BCUT2D eigenvalue weighted by molar-refractivity contribution is 5.75. The van der Waals surface area contributed by atoms with Crippen molar-refractivity contribution < 1.29 is 24.6 Å². The van der Waals surface area contributed by atoms with Gasteiger partial charge in [0, 0.05) is 19.4 Å². The van der Waals surface area contributed by atoms with E-state index in [2.05, 4.69) is 10.6 Å². The number of carbonyl (C=O) groups is 3. The van der Waals surface area contributed by atoms with Crippen LogP contribution in [-0.2, 0) is 14.4 Å². The highest BCUT2D eigenvalue weighted by atomic mass is 16.4. The van der Waals surface area contributed by atoms with Gasteiger partial charge in [-0.25, -0.2) is 0 Å². The van der Waals surface area contributed by atoms with Gasteiger partial charge in [-0.2, -0.15) is 0 Å². The molecule has 1 amide bonds. The summed E-state index contributed by atoms with van der Waals surface area (Å²) in [6, 6.07) is -0.499. The number of likely N-dealkylation sites (N-methyl/N-ethyl adjacent to an activating group) is 1. The van der Waals surface area contributed by atoms with Crippen molar-refractivity contribution in [2.45, 2.75) is 141 Å². The number of carbonyl (C=O) groups excluding carboxylic acids is 1. The highest BCUT2D eigenvalue weighted by Crippen LogP contribution is 2.14. The first-order valence-electron chi connectivity index (χ1n) is 13.9. The average molecular weight is 485 g/mol. The maximum Gasteiger partial charge on any atom is 0.320 e. The fourth-order valence-corrected chi connectivity index (χ4v) is 4.22. The van der Waals surface area contributed by atoms with E-state index in [-0.39, 0.29) is 5.91 Å². The third-order valence-corrected chi connectivity index (χ3v) is 6.43. The summed E-state index contributed by atoms with van der Waals surface area (Å²) in [6.07, 6.45) is 22.5. The van der Waals surface area contributed by atoms with Crippen LogP contribution in [0.15, 0.2) is 0 Å². The second-order valence-corrected chi connectivity index (χ2v) is 9.58. The maximum absolute atomic E-state index is 11.9. The van der Waals surface area contributed by atoms with Crippen LogP contribution in [0.5, 0.6) is 0 Å². The van der Waals surface area contributed by atoms with E-state index in [1.54, 1.807) is 7.05 Å². The Balaban J connectivity index is 3.24. The van der Waals surface area contributed by atoms with Crippen molar-refractivity contribution in [1.29, 1.82) is 0 Å². The molecule has 0 spiro atoms. The number of unbranched alkanes of at least 4 members (excludes halogenated alkanes) is 16. The Morgan fingerprint density at radius 2 is 1.00 bits per heavy atom. The van der Waals surface area contributed by atoms with E-state index in [4.69, 9.17) is 10.2 Å². The summed E-state index contributed by atoms with van der Waals surface area (Å²) in [5.41, 5.74) is 0. The third kappa shape index (κ3) is 23.5. The van der Waals surface area contributed by atoms with Crippen LogP contribution in [0.2, 0.25) is 0 Å². The molecule has 0 aromatic heterocycles. The minimum Gasteiger partial charge on any atom is -0.481 e. The van der Waals surface area contributed by atoms with E-state index in [1.165, 1.54) is 77.0 Å². The minimum atomic E-state index is -0.822. The molecule has 34 heavy (non-hydrogen) atoms. The van der Waals surface area contributed by atoms with Gasteiger partial charge in [0.15, 0.2) is 0 Å². The van der Waals surface area contributed by atoms with Gasteiger partial charge in [0.2, 0.25) is 5.91 Å². The Hall–Kier alpha value is -1.63. The van der Waals surface area contributed by atoms with Crippen LogP contribution < -0.4 is 10.6 Å². The molecule has 7 nitrogen and oxygen atoms in total. The van der Waals surface area contributed by atoms with Gasteiger partial charge in [-0.3, -0.25) is 14.4 Å². The predicted octanol–water partition coefficient (Wildman–Crippen LogP) is 6.05. The molecular formula is C27H52N2O5. The van der Waals surface area contributed by atoms with Crippen LogP contribution in [0.4, 0.5) is 0 Å². The monoisotopic (exact) mass is 484 g/mol. The highest BCUT2D eigenvalue weighted by Gasteiger charge is 2.13. The summed E-state index contributed by atoms with van der Waals surface area (Å²) in [6.45, 7) is 0.628. The lowest BCUT2D eigenvalue weighted by atomic mass is 10.0. The average Bonchev–Trinajstić information content (AvgIpc) is 2.80. The smallest absolute Gasteiger partial charge is 0.320 e. The van der Waals surface area contributed by atoms with Gasteiger partial charge in [0.05, 0.1) is 0 Å². The van der Waals surface area contributed by atoms with E-state index in [1.807, 2.05) is 0 Å². The van der Waals surface area contributed by atoms with Gasteiger partial charge >= 0.3 is 11.9 Å². The zero-order valence-corrected chi connectivity index (χ0v) is 21.8. The van der Waals surface area contributed by atoms with Crippen LogP contribution >= 0.6 is 0 Å². The zero-order chi connectivity index (χ0) is 25.3. The van der Waals surface area contributed by atoms with Crippen LogP contribution in [0.1, 0.15) is 135 Å². The van der Waals surface area contributed by atoms with Gasteiger partial charge in [-0.1, -0.05) is 89.9 Å². The molecule has 4 N–H and O–H groups in total. The lowest BCUT2D eigenvalue weighted by Crippen LogP contribution is -2.33. The van der Waals surface area contributed by atoms with Gasteiger partial charge in [0.25, 0.3) is 0 Å². The molecule has 0 aliphatic heterocycles. The molecule has 0 aliphatic carbocycles. The molecule has 200 valence electrons. The first kappa shape index (κ1) is 32.4. The molecule has 0 saturated heterocycles. The normalized spacial score (nSPS) is 11.9. The van der Waals surface area contributed by atoms with Crippen LogP contribution in [0.3, 0.4) is 0 Å². The van der Waals surface area contributed by atoms with Crippen molar-refractivity contribution in [3.8, 4) is 0 Å². The van der Waals surface area contributed by atoms with Gasteiger partial charge in [-0.05, 0) is 39.2 Å². The van der Waals surface area contributed by atoms with E-state index in [0.29, 0.717) is 25.8 Å². The van der Waals surface area contributed by atoms with Crippen LogP contribution in [0, 0.1) is 0 Å². The predicted molar refractivity (Wildman–Crippen MR) is 138 cm³/mol. The molecule has 1 atom stereocenters. The standard InChI is InChI=1S/C27H52N2O5/c1-28-24(27(33)34)20-18-19-23-29-25(30)21-16-14-12-10-8-6-4-2-3-5-7-9-11-13-15-17-22-26(31)32/h24,28H,2-23H2,1H3,(H,29,30)(H,31,32)(H,33,34)/t24-/m0/s1. The number of hydrogen-bond acceptors (Lipinski definition) is 4. The molecule has 0 fully saturated rings. The van der Waals surface area contributed by atoms with Crippen molar-refractivity contribution in [2.75, 3.05) is 13.6 Å². The van der Waals surface area contributed by atoms with Crippen LogP contribution in [0.25, 0.3) is 0 Å². The molecule has 7 heteroatoms. The first-order chi connectivity index (χ1) is 16.5.